The number of aliphatic hydroxyl groups is 1. The van der Waals surface area contributed by atoms with E-state index in [9.17, 15) is 13.5 Å². The van der Waals surface area contributed by atoms with Gasteiger partial charge in [0.2, 0.25) is 10.0 Å². The molecule has 0 radical (unpaired) electrons. The molecule has 0 aliphatic carbocycles. The van der Waals surface area contributed by atoms with Crippen molar-refractivity contribution in [1.29, 1.82) is 0 Å². The van der Waals surface area contributed by atoms with Crippen LogP contribution < -0.4 is 4.72 Å². The van der Waals surface area contributed by atoms with Gasteiger partial charge in [-0.2, -0.15) is 0 Å². The third-order valence-corrected chi connectivity index (χ3v) is 2.38. The molecule has 2 N–H and O–H groups in total. The minimum absolute atomic E-state index is 0.195. The average Bonchev–Trinajstić information content (AvgIpc) is 2.53. The lowest BCUT2D eigenvalue weighted by Crippen LogP contribution is -2.24. The van der Waals surface area contributed by atoms with Crippen LogP contribution in [0.5, 0.6) is 0 Å². The second-order valence-electron chi connectivity index (χ2n) is 2.99. The smallest absolute Gasteiger partial charge is 0.208 e. The maximum Gasteiger partial charge on any atom is 0.208 e. The summed E-state index contributed by atoms with van der Waals surface area (Å²) >= 11 is 0. The fraction of sp³-hybridized carbons (Fsp3) is 0.500. The monoisotopic (exact) mass is 219 g/mol. The van der Waals surface area contributed by atoms with Gasteiger partial charge in [0, 0.05) is 6.54 Å². The first-order valence-electron chi connectivity index (χ1n) is 4.15. The Labute approximate surface area is 82.8 Å². The van der Waals surface area contributed by atoms with Crippen LogP contribution in [0.15, 0.2) is 22.8 Å². The summed E-state index contributed by atoms with van der Waals surface area (Å²) in [7, 11) is -3.18. The molecule has 14 heavy (non-hydrogen) atoms. The van der Waals surface area contributed by atoms with Crippen LogP contribution in [0.3, 0.4) is 0 Å². The molecule has 80 valence electrons. The van der Waals surface area contributed by atoms with Crippen LogP contribution in [0.4, 0.5) is 0 Å². The van der Waals surface area contributed by atoms with Gasteiger partial charge in [0.05, 0.1) is 12.5 Å². The summed E-state index contributed by atoms with van der Waals surface area (Å²) in [6, 6.07) is 3.31. The topological polar surface area (TPSA) is 79.5 Å². The zero-order chi connectivity index (χ0) is 10.6. The van der Waals surface area contributed by atoms with E-state index in [2.05, 4.69) is 4.72 Å². The van der Waals surface area contributed by atoms with Crippen molar-refractivity contribution < 1.29 is 17.9 Å². The predicted molar refractivity (Wildman–Crippen MR) is 51.1 cm³/mol. The Hall–Kier alpha value is -0.850. The molecule has 6 heteroatoms. The quantitative estimate of drug-likeness (QED) is 0.744. The number of furan rings is 1. The number of nitrogens with one attached hydrogen (secondary N) is 1. The maximum atomic E-state index is 10.7. The summed E-state index contributed by atoms with van der Waals surface area (Å²) in [6.45, 7) is 0.195. The molecule has 5 nitrogen and oxygen atoms in total. The highest BCUT2D eigenvalue weighted by Gasteiger charge is 2.10. The summed E-state index contributed by atoms with van der Waals surface area (Å²) in [5.41, 5.74) is 0. The van der Waals surface area contributed by atoms with Crippen molar-refractivity contribution in [1.82, 2.24) is 4.72 Å². The van der Waals surface area contributed by atoms with E-state index in [0.29, 0.717) is 12.2 Å². The zero-order valence-electron chi connectivity index (χ0n) is 7.80. The summed E-state index contributed by atoms with van der Waals surface area (Å²) in [6.07, 6.45) is 2.06. The molecule has 0 amide bonds. The van der Waals surface area contributed by atoms with Crippen molar-refractivity contribution in [3.8, 4) is 0 Å². The lowest BCUT2D eigenvalue weighted by molar-refractivity contribution is 0.142. The van der Waals surface area contributed by atoms with E-state index in [4.69, 9.17) is 4.42 Å². The highest BCUT2D eigenvalue weighted by atomic mass is 32.2. The summed E-state index contributed by atoms with van der Waals surface area (Å²) in [4.78, 5) is 0. The van der Waals surface area contributed by atoms with E-state index >= 15 is 0 Å². The van der Waals surface area contributed by atoms with E-state index in [0.717, 1.165) is 6.26 Å². The molecule has 0 saturated heterocycles. The fourth-order valence-electron chi connectivity index (χ4n) is 1.00. The predicted octanol–water partition coefficient (Wildman–Crippen LogP) is 0.252. The number of hydrogen-bond donors (Lipinski definition) is 2. The van der Waals surface area contributed by atoms with Crippen molar-refractivity contribution in [3.63, 3.8) is 0 Å². The van der Waals surface area contributed by atoms with E-state index < -0.39 is 16.1 Å². The maximum absolute atomic E-state index is 10.7. The van der Waals surface area contributed by atoms with E-state index in [1.54, 1.807) is 12.1 Å². The van der Waals surface area contributed by atoms with Gasteiger partial charge in [-0.05, 0) is 18.6 Å². The van der Waals surface area contributed by atoms with Gasteiger partial charge in [0.15, 0.2) is 0 Å². The number of rotatable bonds is 5. The molecule has 0 aliphatic rings. The molecular formula is C8H13NO4S. The Bertz CT molecular complexity index is 357. The van der Waals surface area contributed by atoms with E-state index in [1.807, 2.05) is 0 Å². The third kappa shape index (κ3) is 3.91. The first-order valence-corrected chi connectivity index (χ1v) is 6.04. The molecular weight excluding hydrogens is 206 g/mol. The van der Waals surface area contributed by atoms with Gasteiger partial charge in [-0.1, -0.05) is 0 Å². The first-order chi connectivity index (χ1) is 6.49. The van der Waals surface area contributed by atoms with Gasteiger partial charge in [-0.15, -0.1) is 0 Å². The Kier molecular flexibility index (Phi) is 3.68. The molecule has 0 aromatic carbocycles. The molecule has 0 saturated carbocycles. The average molecular weight is 219 g/mol. The minimum Gasteiger partial charge on any atom is -0.467 e. The normalized spacial score (nSPS) is 14.1. The van der Waals surface area contributed by atoms with Gasteiger partial charge in [-0.3, -0.25) is 0 Å². The van der Waals surface area contributed by atoms with E-state index in [1.165, 1.54) is 6.26 Å². The minimum atomic E-state index is -3.18. The van der Waals surface area contributed by atoms with Crippen LogP contribution in [-0.2, 0) is 10.0 Å². The Morgan fingerprint density at radius 3 is 2.86 bits per heavy atom. The Morgan fingerprint density at radius 2 is 2.36 bits per heavy atom. The van der Waals surface area contributed by atoms with Crippen LogP contribution in [0.2, 0.25) is 0 Å². The van der Waals surface area contributed by atoms with Gasteiger partial charge in [-0.25, -0.2) is 13.1 Å². The van der Waals surface area contributed by atoms with Crippen LogP contribution in [0, 0.1) is 0 Å². The molecule has 1 aromatic heterocycles. The molecule has 0 bridgehead atoms. The molecule has 0 fully saturated rings. The molecule has 1 unspecified atom stereocenters. The largest absolute Gasteiger partial charge is 0.467 e. The summed E-state index contributed by atoms with van der Waals surface area (Å²) in [5, 5.41) is 9.48. The zero-order valence-corrected chi connectivity index (χ0v) is 8.62. The van der Waals surface area contributed by atoms with Gasteiger partial charge >= 0.3 is 0 Å². The van der Waals surface area contributed by atoms with Gasteiger partial charge in [0.1, 0.15) is 11.9 Å². The van der Waals surface area contributed by atoms with Crippen LogP contribution in [-0.4, -0.2) is 26.3 Å². The van der Waals surface area contributed by atoms with Crippen molar-refractivity contribution in [2.75, 3.05) is 12.8 Å². The van der Waals surface area contributed by atoms with Crippen LogP contribution in [0.1, 0.15) is 18.3 Å². The summed E-state index contributed by atoms with van der Waals surface area (Å²) in [5.74, 6) is 0.445. The lowest BCUT2D eigenvalue weighted by Gasteiger charge is -2.07. The molecule has 1 aromatic rings. The molecule has 0 spiro atoms. The standard InChI is InChI=1S/C8H13NO4S/c1-14(11,12)9-5-4-7(10)8-3-2-6-13-8/h2-3,6-7,9-10H,4-5H2,1H3. The molecule has 1 atom stereocenters. The van der Waals surface area contributed by atoms with Gasteiger partial charge in [0.25, 0.3) is 0 Å². The van der Waals surface area contributed by atoms with Gasteiger partial charge < -0.3 is 9.52 Å². The second kappa shape index (κ2) is 4.59. The fourth-order valence-corrected chi connectivity index (χ4v) is 1.49. The SMILES string of the molecule is CS(=O)(=O)NCCC(O)c1ccco1. The number of sulfonamides is 1. The first kappa shape index (κ1) is 11.2. The van der Waals surface area contributed by atoms with Crippen LogP contribution >= 0.6 is 0 Å². The summed E-state index contributed by atoms with van der Waals surface area (Å²) < 4.78 is 28.6. The van der Waals surface area contributed by atoms with E-state index in [-0.39, 0.29) is 6.54 Å². The number of aliphatic hydroxyl groups excluding tert-OH is 1. The highest BCUT2D eigenvalue weighted by molar-refractivity contribution is 7.88. The highest BCUT2D eigenvalue weighted by Crippen LogP contribution is 2.15. The van der Waals surface area contributed by atoms with Crippen molar-refractivity contribution in [2.45, 2.75) is 12.5 Å². The molecule has 1 heterocycles. The number of hydrogen-bond acceptors (Lipinski definition) is 4. The third-order valence-electron chi connectivity index (χ3n) is 1.65. The Balaban J connectivity index is 2.33. The van der Waals surface area contributed by atoms with Crippen molar-refractivity contribution in [2.24, 2.45) is 0 Å². The second-order valence-corrected chi connectivity index (χ2v) is 4.82. The Morgan fingerprint density at radius 1 is 1.64 bits per heavy atom. The molecule has 0 aliphatic heterocycles. The van der Waals surface area contributed by atoms with Crippen LogP contribution in [0.25, 0.3) is 0 Å². The van der Waals surface area contributed by atoms with Crippen molar-refractivity contribution in [3.05, 3.63) is 24.2 Å². The lowest BCUT2D eigenvalue weighted by atomic mass is 10.2. The van der Waals surface area contributed by atoms with Crippen molar-refractivity contribution >= 4 is 10.0 Å². The molecule has 1 rings (SSSR count).